The second-order valence-corrected chi connectivity index (χ2v) is 6.66. The maximum Gasteiger partial charge on any atom is 0.211 e. The molecule has 0 radical (unpaired) electrons. The van der Waals surface area contributed by atoms with Crippen LogP contribution in [0.5, 0.6) is 0 Å². The number of rotatable bonds is 8. The Kier molecular flexibility index (Phi) is 6.04. The van der Waals surface area contributed by atoms with Crippen LogP contribution >= 0.6 is 0 Å². The molecule has 1 aromatic carbocycles. The summed E-state index contributed by atoms with van der Waals surface area (Å²) in [6.45, 7) is 6.19. The third-order valence-electron chi connectivity index (χ3n) is 3.62. The van der Waals surface area contributed by atoms with Gasteiger partial charge in [-0.15, -0.1) is 0 Å². The molecular weight excluding hydrogens is 290 g/mol. The minimum absolute atomic E-state index is 0.00561. The molecule has 0 amide bonds. The highest BCUT2D eigenvalue weighted by molar-refractivity contribution is 5.86. The summed E-state index contributed by atoms with van der Waals surface area (Å²) in [5, 5.41) is 4.06. The molecular formula is C18H25N3O2. The molecule has 23 heavy (non-hydrogen) atoms. The molecule has 0 saturated carbocycles. The van der Waals surface area contributed by atoms with Crippen LogP contribution in [0.1, 0.15) is 45.4 Å². The van der Waals surface area contributed by atoms with E-state index >= 15 is 0 Å². The smallest absolute Gasteiger partial charge is 0.211 e. The summed E-state index contributed by atoms with van der Waals surface area (Å²) in [6, 6.07) is 10.4. The molecule has 0 aliphatic rings. The van der Waals surface area contributed by atoms with Crippen LogP contribution in [0.4, 0.5) is 0 Å². The van der Waals surface area contributed by atoms with Crippen LogP contribution in [-0.4, -0.2) is 27.2 Å². The average molecular weight is 315 g/mol. The number of Topliss-reactive ketones (excluding diaryl/α,β-unsaturated/α-hetero) is 1. The highest BCUT2D eigenvalue weighted by Gasteiger charge is 2.32. The number of hydrogen-bond acceptors (Lipinski definition) is 4. The van der Waals surface area contributed by atoms with Gasteiger partial charge in [0.2, 0.25) is 6.23 Å². The first-order valence-electron chi connectivity index (χ1n) is 8.02. The monoisotopic (exact) mass is 315 g/mol. The first-order chi connectivity index (χ1) is 11.0. The van der Waals surface area contributed by atoms with Crippen molar-refractivity contribution >= 4 is 5.78 Å². The summed E-state index contributed by atoms with van der Waals surface area (Å²) in [5.74, 6) is 0.00561. The number of unbranched alkanes of at least 4 members (excludes halogenated alkanes) is 1. The lowest BCUT2D eigenvalue weighted by Gasteiger charge is -2.24. The van der Waals surface area contributed by atoms with E-state index < -0.39 is 11.6 Å². The number of ketones is 1. The van der Waals surface area contributed by atoms with E-state index in [-0.39, 0.29) is 5.78 Å². The van der Waals surface area contributed by atoms with Gasteiger partial charge >= 0.3 is 0 Å². The summed E-state index contributed by atoms with van der Waals surface area (Å²) >= 11 is 0. The Morgan fingerprint density at radius 3 is 2.57 bits per heavy atom. The van der Waals surface area contributed by atoms with Crippen LogP contribution in [0.2, 0.25) is 0 Å². The Labute approximate surface area is 137 Å². The van der Waals surface area contributed by atoms with Gasteiger partial charge in [0.25, 0.3) is 0 Å². The maximum atomic E-state index is 12.5. The molecule has 2 aromatic rings. The highest BCUT2D eigenvalue weighted by atomic mass is 16.5. The van der Waals surface area contributed by atoms with Crippen molar-refractivity contribution < 1.29 is 9.53 Å². The SMILES string of the molecule is CC(C)(C)C(=O)C(OCCCCc1ccccc1)n1cncn1. The zero-order valence-corrected chi connectivity index (χ0v) is 14.1. The number of hydrogen-bond donors (Lipinski definition) is 0. The van der Waals surface area contributed by atoms with Gasteiger partial charge in [-0.2, -0.15) is 5.10 Å². The van der Waals surface area contributed by atoms with E-state index in [4.69, 9.17) is 4.74 Å². The standard InChI is InChI=1S/C18H25N3O2/c1-18(2,3)16(22)17(21-14-19-13-20-21)23-12-8-7-11-15-9-5-4-6-10-15/h4-6,9-10,13-14,17H,7-8,11-12H2,1-3H3. The highest BCUT2D eigenvalue weighted by Crippen LogP contribution is 2.24. The number of benzene rings is 1. The molecule has 0 aliphatic carbocycles. The van der Waals surface area contributed by atoms with Crippen LogP contribution in [0, 0.1) is 5.41 Å². The third kappa shape index (κ3) is 5.28. The van der Waals surface area contributed by atoms with Gasteiger partial charge in [-0.1, -0.05) is 51.1 Å². The minimum atomic E-state index is -0.700. The van der Waals surface area contributed by atoms with Crippen molar-refractivity contribution in [2.75, 3.05) is 6.61 Å². The molecule has 0 saturated heterocycles. The summed E-state index contributed by atoms with van der Waals surface area (Å²) < 4.78 is 7.31. The van der Waals surface area contributed by atoms with E-state index in [1.165, 1.54) is 22.9 Å². The molecule has 1 heterocycles. The molecule has 0 bridgehead atoms. The fourth-order valence-electron chi connectivity index (χ4n) is 2.25. The molecule has 1 atom stereocenters. The first-order valence-corrected chi connectivity index (χ1v) is 8.02. The largest absolute Gasteiger partial charge is 0.350 e. The van der Waals surface area contributed by atoms with Crippen LogP contribution in [0.3, 0.4) is 0 Å². The molecule has 2 rings (SSSR count). The second kappa shape index (κ2) is 8.02. The van der Waals surface area contributed by atoms with Crippen LogP contribution in [0.15, 0.2) is 43.0 Å². The van der Waals surface area contributed by atoms with Crippen molar-refractivity contribution in [1.82, 2.24) is 14.8 Å². The van der Waals surface area contributed by atoms with E-state index in [0.29, 0.717) is 6.61 Å². The van der Waals surface area contributed by atoms with Gasteiger partial charge < -0.3 is 4.74 Å². The zero-order chi connectivity index (χ0) is 16.7. The molecule has 5 nitrogen and oxygen atoms in total. The Balaban J connectivity index is 1.83. The van der Waals surface area contributed by atoms with Gasteiger partial charge in [-0.25, -0.2) is 9.67 Å². The lowest BCUT2D eigenvalue weighted by Crippen LogP contribution is -2.33. The zero-order valence-electron chi connectivity index (χ0n) is 14.1. The molecule has 5 heteroatoms. The molecule has 0 spiro atoms. The molecule has 1 aromatic heterocycles. The average Bonchev–Trinajstić information content (AvgIpc) is 3.04. The van der Waals surface area contributed by atoms with Gasteiger partial charge in [0.1, 0.15) is 12.7 Å². The predicted molar refractivity (Wildman–Crippen MR) is 88.9 cm³/mol. The van der Waals surface area contributed by atoms with Crippen molar-refractivity contribution in [2.24, 2.45) is 5.41 Å². The van der Waals surface area contributed by atoms with Crippen molar-refractivity contribution in [2.45, 2.75) is 46.3 Å². The number of nitrogens with zero attached hydrogens (tertiary/aromatic N) is 3. The Morgan fingerprint density at radius 1 is 1.22 bits per heavy atom. The molecule has 0 fully saturated rings. The summed E-state index contributed by atoms with van der Waals surface area (Å²) in [5.41, 5.74) is 0.840. The van der Waals surface area contributed by atoms with Crippen LogP contribution in [-0.2, 0) is 16.0 Å². The number of aromatic nitrogens is 3. The Bertz CT molecular complexity index is 588. The van der Waals surface area contributed by atoms with Gasteiger partial charge in [0, 0.05) is 12.0 Å². The molecule has 0 aliphatic heterocycles. The lowest BCUT2D eigenvalue weighted by atomic mass is 9.90. The lowest BCUT2D eigenvalue weighted by molar-refractivity contribution is -0.146. The van der Waals surface area contributed by atoms with Gasteiger partial charge in [-0.3, -0.25) is 4.79 Å². The summed E-state index contributed by atoms with van der Waals surface area (Å²) in [7, 11) is 0. The van der Waals surface area contributed by atoms with Gasteiger partial charge in [0.05, 0.1) is 0 Å². The summed E-state index contributed by atoms with van der Waals surface area (Å²) in [4.78, 5) is 16.4. The fourth-order valence-corrected chi connectivity index (χ4v) is 2.25. The number of aryl methyl sites for hydroxylation is 1. The van der Waals surface area contributed by atoms with Crippen molar-refractivity contribution in [3.63, 3.8) is 0 Å². The topological polar surface area (TPSA) is 57.0 Å². The van der Waals surface area contributed by atoms with E-state index in [0.717, 1.165) is 19.3 Å². The normalized spacial score (nSPS) is 13.0. The van der Waals surface area contributed by atoms with Crippen molar-refractivity contribution in [1.29, 1.82) is 0 Å². The van der Waals surface area contributed by atoms with Crippen molar-refractivity contribution in [3.05, 3.63) is 48.5 Å². The van der Waals surface area contributed by atoms with Crippen molar-refractivity contribution in [3.8, 4) is 0 Å². The van der Waals surface area contributed by atoms with E-state index in [1.54, 1.807) is 0 Å². The number of carbonyl (C=O) groups excluding carboxylic acids is 1. The van der Waals surface area contributed by atoms with E-state index in [2.05, 4.69) is 34.3 Å². The van der Waals surface area contributed by atoms with Gasteiger partial charge in [0.15, 0.2) is 5.78 Å². The number of ether oxygens (including phenoxy) is 1. The van der Waals surface area contributed by atoms with Gasteiger partial charge in [-0.05, 0) is 24.8 Å². The molecule has 124 valence electrons. The van der Waals surface area contributed by atoms with E-state index in [1.807, 2.05) is 26.8 Å². The van der Waals surface area contributed by atoms with Crippen LogP contribution in [0.25, 0.3) is 0 Å². The second-order valence-electron chi connectivity index (χ2n) is 6.66. The quantitative estimate of drug-likeness (QED) is 0.700. The molecule has 1 unspecified atom stereocenters. The Hall–Kier alpha value is -2.01. The first kappa shape index (κ1) is 17.3. The summed E-state index contributed by atoms with van der Waals surface area (Å²) in [6.07, 6.45) is 5.19. The minimum Gasteiger partial charge on any atom is -0.350 e. The Morgan fingerprint density at radius 2 is 1.96 bits per heavy atom. The fraction of sp³-hybridized carbons (Fsp3) is 0.500. The predicted octanol–water partition coefficient (Wildman–Crippen LogP) is 3.43. The maximum absolute atomic E-state index is 12.5. The third-order valence-corrected chi connectivity index (χ3v) is 3.62. The number of carbonyl (C=O) groups is 1. The van der Waals surface area contributed by atoms with E-state index in [9.17, 15) is 4.79 Å². The van der Waals surface area contributed by atoms with Crippen LogP contribution < -0.4 is 0 Å². The molecule has 0 N–H and O–H groups in total.